The molecule has 210 valence electrons. The van der Waals surface area contributed by atoms with Gasteiger partial charge in [0.15, 0.2) is 0 Å². The number of amides is 3. The molecule has 10 nitrogen and oxygen atoms in total. The Morgan fingerprint density at radius 2 is 1.49 bits per heavy atom. The highest BCUT2D eigenvalue weighted by Gasteiger charge is 2.39. The third-order valence-corrected chi connectivity index (χ3v) is 5.46. The molecule has 0 aliphatic carbocycles. The molecule has 0 bridgehead atoms. The van der Waals surface area contributed by atoms with Crippen LogP contribution in [0.25, 0.3) is 0 Å². The summed E-state index contributed by atoms with van der Waals surface area (Å²) in [6.45, 7) is 10.3. The van der Waals surface area contributed by atoms with Crippen molar-refractivity contribution in [2.45, 2.75) is 58.3 Å². The zero-order valence-electron chi connectivity index (χ0n) is 23.3. The number of alkyl carbamates (subject to hydrolysis) is 1. The fourth-order valence-electron chi connectivity index (χ4n) is 3.45. The van der Waals surface area contributed by atoms with Crippen LogP contribution in [-0.4, -0.2) is 60.6 Å². The number of rotatable bonds is 10. The average molecular weight is 539 g/mol. The first kappa shape index (κ1) is 31.3. The molecule has 0 spiro atoms. The van der Waals surface area contributed by atoms with Gasteiger partial charge >= 0.3 is 6.09 Å². The van der Waals surface area contributed by atoms with E-state index in [1.807, 2.05) is 24.3 Å². The minimum atomic E-state index is -1.31. The molecule has 1 atom stereocenters. The molecule has 0 heterocycles. The summed E-state index contributed by atoms with van der Waals surface area (Å²) in [5.74, 6) is 4.69. The van der Waals surface area contributed by atoms with Crippen LogP contribution in [0.2, 0.25) is 0 Å². The van der Waals surface area contributed by atoms with E-state index in [9.17, 15) is 19.6 Å². The molecule has 0 aliphatic heterocycles. The zero-order valence-corrected chi connectivity index (χ0v) is 23.3. The van der Waals surface area contributed by atoms with E-state index >= 15 is 0 Å². The maximum absolute atomic E-state index is 12.9. The summed E-state index contributed by atoms with van der Waals surface area (Å²) in [7, 11) is 1.67. The molecule has 0 aromatic heterocycles. The van der Waals surface area contributed by atoms with Crippen molar-refractivity contribution in [2.24, 2.45) is 0 Å². The van der Waals surface area contributed by atoms with Crippen LogP contribution in [0.5, 0.6) is 0 Å². The van der Waals surface area contributed by atoms with E-state index in [0.29, 0.717) is 12.2 Å². The number of carbonyl (C=O) groups excluding carboxylic acids is 3. The van der Waals surface area contributed by atoms with Crippen molar-refractivity contribution in [3.8, 4) is 11.8 Å². The number of nitrogens with one attached hydrogen (secondary N) is 4. The van der Waals surface area contributed by atoms with Gasteiger partial charge in [-0.15, -0.1) is 0 Å². The summed E-state index contributed by atoms with van der Waals surface area (Å²) in [5, 5.41) is 17.6. The second kappa shape index (κ2) is 14.3. The minimum Gasteiger partial charge on any atom is -0.444 e. The number of ether oxygens (including phenoxy) is 2. The van der Waals surface area contributed by atoms with Gasteiger partial charge < -0.3 is 25.4 Å². The lowest BCUT2D eigenvalue weighted by Crippen LogP contribution is -2.64. The topological polar surface area (TPSA) is 138 Å². The normalized spacial score (nSPS) is 12.0. The molecule has 10 heteroatoms. The van der Waals surface area contributed by atoms with Gasteiger partial charge in [0, 0.05) is 36.9 Å². The smallest absolute Gasteiger partial charge is 0.408 e. The lowest BCUT2D eigenvalue weighted by atomic mass is 9.93. The Labute approximate surface area is 229 Å². The van der Waals surface area contributed by atoms with Crippen LogP contribution in [0.15, 0.2) is 48.5 Å². The van der Waals surface area contributed by atoms with Crippen molar-refractivity contribution in [1.82, 2.24) is 21.4 Å². The van der Waals surface area contributed by atoms with Crippen LogP contribution in [0.1, 0.15) is 61.7 Å². The van der Waals surface area contributed by atoms with Crippen LogP contribution in [-0.2, 0) is 20.8 Å². The van der Waals surface area contributed by atoms with Crippen molar-refractivity contribution < 1.29 is 29.1 Å². The van der Waals surface area contributed by atoms with E-state index < -0.39 is 35.1 Å². The molecule has 2 rings (SSSR count). The lowest BCUT2D eigenvalue weighted by Gasteiger charge is -2.34. The quantitative estimate of drug-likeness (QED) is 0.136. The van der Waals surface area contributed by atoms with Gasteiger partial charge in [-0.1, -0.05) is 24.0 Å². The number of hydrogen-bond acceptors (Lipinski definition) is 7. The maximum atomic E-state index is 12.9. The second-order valence-electron chi connectivity index (χ2n) is 10.4. The minimum absolute atomic E-state index is 0.273. The molecular weight excluding hydrogens is 500 g/mol. The first-order chi connectivity index (χ1) is 18.3. The first-order valence-electron chi connectivity index (χ1n) is 12.5. The summed E-state index contributed by atoms with van der Waals surface area (Å²) in [5.41, 5.74) is 2.46. The molecule has 39 heavy (non-hydrogen) atoms. The molecular formula is C29H38N4O6. The Hall–Kier alpha value is -3.91. The summed E-state index contributed by atoms with van der Waals surface area (Å²) < 4.78 is 10.3. The summed E-state index contributed by atoms with van der Waals surface area (Å²) in [4.78, 5) is 37.5. The monoisotopic (exact) mass is 538 g/mol. The van der Waals surface area contributed by atoms with E-state index in [4.69, 9.17) is 9.47 Å². The van der Waals surface area contributed by atoms with Gasteiger partial charge in [-0.25, -0.2) is 10.3 Å². The largest absolute Gasteiger partial charge is 0.444 e. The van der Waals surface area contributed by atoms with Crippen molar-refractivity contribution >= 4 is 17.9 Å². The third kappa shape index (κ3) is 10.8. The van der Waals surface area contributed by atoms with E-state index in [2.05, 4.69) is 27.8 Å². The first-order valence-corrected chi connectivity index (χ1v) is 12.5. The summed E-state index contributed by atoms with van der Waals surface area (Å²) in [6, 6.07) is 13.2. The standard InChI is InChI=1S/C29H38N4O6/c1-28(2,3)39-27(36)32-29(4,5)24(26(35)33-37)31-25(34)23-15-13-21(14-16-23)8-7-20-9-11-22(12-10-20)19-30-17-18-38-6/h9-16,24,30,37H,17-19H2,1-6H3,(H,31,34)(H,32,36)(H,33,35)/t24-/m1/s1. The fourth-order valence-corrected chi connectivity index (χ4v) is 3.45. The van der Waals surface area contributed by atoms with Crippen molar-refractivity contribution in [3.63, 3.8) is 0 Å². The maximum Gasteiger partial charge on any atom is 0.408 e. The highest BCUT2D eigenvalue weighted by molar-refractivity contribution is 5.98. The van der Waals surface area contributed by atoms with Crippen molar-refractivity contribution in [2.75, 3.05) is 20.3 Å². The Balaban J connectivity index is 2.05. The molecule has 2 aromatic carbocycles. The molecule has 0 unspecified atom stereocenters. The van der Waals surface area contributed by atoms with E-state index in [0.717, 1.165) is 24.2 Å². The molecule has 0 aliphatic rings. The number of hydroxylamine groups is 1. The van der Waals surface area contributed by atoms with Gasteiger partial charge in [0.2, 0.25) is 0 Å². The molecule has 2 aromatic rings. The Morgan fingerprint density at radius 3 is 2.00 bits per heavy atom. The van der Waals surface area contributed by atoms with Crippen LogP contribution >= 0.6 is 0 Å². The number of hydrogen-bond donors (Lipinski definition) is 5. The van der Waals surface area contributed by atoms with Gasteiger partial charge in [0.1, 0.15) is 11.6 Å². The van der Waals surface area contributed by atoms with Gasteiger partial charge in [0.05, 0.1) is 12.1 Å². The van der Waals surface area contributed by atoms with Crippen LogP contribution in [0.4, 0.5) is 4.79 Å². The van der Waals surface area contributed by atoms with Crippen molar-refractivity contribution in [1.29, 1.82) is 0 Å². The van der Waals surface area contributed by atoms with Crippen LogP contribution < -0.4 is 21.4 Å². The number of carbonyl (C=O) groups is 3. The lowest BCUT2D eigenvalue weighted by molar-refractivity contribution is -0.132. The number of methoxy groups -OCH3 is 1. The average Bonchev–Trinajstić information content (AvgIpc) is 2.87. The van der Waals surface area contributed by atoms with Crippen LogP contribution in [0.3, 0.4) is 0 Å². The van der Waals surface area contributed by atoms with E-state index in [1.165, 1.54) is 19.3 Å². The Kier molecular flexibility index (Phi) is 11.5. The predicted octanol–water partition coefficient (Wildman–Crippen LogP) is 2.73. The van der Waals surface area contributed by atoms with E-state index in [1.54, 1.807) is 52.1 Å². The van der Waals surface area contributed by atoms with Crippen molar-refractivity contribution in [3.05, 3.63) is 70.8 Å². The molecule has 0 fully saturated rings. The fraction of sp³-hybridized carbons (Fsp3) is 0.414. The predicted molar refractivity (Wildman–Crippen MR) is 147 cm³/mol. The van der Waals surface area contributed by atoms with Gasteiger partial charge in [0.25, 0.3) is 11.8 Å². The summed E-state index contributed by atoms with van der Waals surface area (Å²) >= 11 is 0. The Morgan fingerprint density at radius 1 is 0.923 bits per heavy atom. The SMILES string of the molecule is COCCNCc1ccc(C#Cc2ccc(C(=O)N[C@H](C(=O)NO)C(C)(C)NC(=O)OC(C)(C)C)cc2)cc1. The summed E-state index contributed by atoms with van der Waals surface area (Å²) in [6.07, 6.45) is -0.770. The second-order valence-corrected chi connectivity index (χ2v) is 10.4. The highest BCUT2D eigenvalue weighted by Crippen LogP contribution is 2.15. The Bertz CT molecular complexity index is 1180. The third-order valence-electron chi connectivity index (χ3n) is 5.46. The van der Waals surface area contributed by atoms with Gasteiger partial charge in [-0.2, -0.15) is 0 Å². The highest BCUT2D eigenvalue weighted by atomic mass is 16.6. The number of benzene rings is 2. The molecule has 0 radical (unpaired) electrons. The van der Waals surface area contributed by atoms with Gasteiger partial charge in [-0.05, 0) is 76.6 Å². The molecule has 0 saturated heterocycles. The molecule has 0 saturated carbocycles. The molecule has 5 N–H and O–H groups in total. The zero-order chi connectivity index (χ0) is 29.1. The van der Waals surface area contributed by atoms with Crippen LogP contribution in [0, 0.1) is 11.8 Å². The molecule has 3 amide bonds. The van der Waals surface area contributed by atoms with E-state index in [-0.39, 0.29) is 5.56 Å². The van der Waals surface area contributed by atoms with Gasteiger partial charge in [-0.3, -0.25) is 14.8 Å².